The van der Waals surface area contributed by atoms with Crippen LogP contribution in [0.15, 0.2) is 12.1 Å². The fourth-order valence-corrected chi connectivity index (χ4v) is 4.40. The summed E-state index contributed by atoms with van der Waals surface area (Å²) < 4.78 is 5.00. The molecule has 3 heteroatoms. The molecule has 0 radical (unpaired) electrons. The molecule has 1 aliphatic heterocycles. The average Bonchev–Trinajstić information content (AvgIpc) is 2.60. The van der Waals surface area contributed by atoms with Crippen molar-refractivity contribution in [3.05, 3.63) is 34.4 Å². The number of hydrogen-bond donors (Lipinski definition) is 0. The highest BCUT2D eigenvalue weighted by atomic mass is 16.5. The summed E-state index contributed by atoms with van der Waals surface area (Å²) in [5, 5.41) is 0. The van der Waals surface area contributed by atoms with Gasteiger partial charge in [0.25, 0.3) is 0 Å². The second-order valence-corrected chi connectivity index (χ2v) is 7.13. The lowest BCUT2D eigenvalue weighted by atomic mass is 9.79. The summed E-state index contributed by atoms with van der Waals surface area (Å²) in [7, 11) is 1.48. The number of likely N-dealkylation sites (tertiary alicyclic amines) is 1. The lowest BCUT2D eigenvalue weighted by Gasteiger charge is -2.40. The number of nitrogens with zero attached hydrogens (tertiary/aromatic N) is 1. The van der Waals surface area contributed by atoms with Crippen LogP contribution < -0.4 is 0 Å². The number of ether oxygens (including phenoxy) is 1. The Kier molecular flexibility index (Phi) is 5.05. The van der Waals surface area contributed by atoms with Crippen LogP contribution in [0, 0.1) is 5.92 Å². The van der Waals surface area contributed by atoms with Crippen molar-refractivity contribution in [1.29, 1.82) is 0 Å². The van der Waals surface area contributed by atoms with Crippen molar-refractivity contribution in [2.45, 2.75) is 58.4 Å². The van der Waals surface area contributed by atoms with Crippen LogP contribution >= 0.6 is 0 Å². The fraction of sp³-hybridized carbons (Fsp3) is 0.650. The van der Waals surface area contributed by atoms with Crippen LogP contribution in [0.5, 0.6) is 0 Å². The van der Waals surface area contributed by atoms with Gasteiger partial charge in [-0.2, -0.15) is 0 Å². The maximum Gasteiger partial charge on any atom is 0.338 e. The molecule has 0 aromatic heterocycles. The van der Waals surface area contributed by atoms with E-state index in [1.165, 1.54) is 56.0 Å². The van der Waals surface area contributed by atoms with Gasteiger partial charge in [0, 0.05) is 6.04 Å². The molecule has 1 fully saturated rings. The van der Waals surface area contributed by atoms with Crippen molar-refractivity contribution in [2.75, 3.05) is 20.2 Å². The third kappa shape index (κ3) is 3.16. The van der Waals surface area contributed by atoms with Crippen LogP contribution in [0.2, 0.25) is 0 Å². The molecule has 1 aliphatic carbocycles. The highest BCUT2D eigenvalue weighted by molar-refractivity contribution is 5.91. The van der Waals surface area contributed by atoms with Crippen molar-refractivity contribution in [3.63, 3.8) is 0 Å². The Bertz CT molecular complexity index is 581. The fourth-order valence-electron chi connectivity index (χ4n) is 4.40. The van der Waals surface area contributed by atoms with Gasteiger partial charge in [-0.25, -0.2) is 4.79 Å². The van der Waals surface area contributed by atoms with Crippen LogP contribution in [0.3, 0.4) is 0 Å². The molecule has 3 rings (SSSR count). The molecule has 1 saturated heterocycles. The lowest BCUT2D eigenvalue weighted by Crippen LogP contribution is -2.37. The first-order chi connectivity index (χ1) is 11.2. The van der Waals surface area contributed by atoms with Crippen molar-refractivity contribution < 1.29 is 9.53 Å². The van der Waals surface area contributed by atoms with Gasteiger partial charge in [-0.1, -0.05) is 19.9 Å². The second-order valence-electron chi connectivity index (χ2n) is 7.13. The molecule has 23 heavy (non-hydrogen) atoms. The van der Waals surface area contributed by atoms with E-state index >= 15 is 0 Å². The largest absolute Gasteiger partial charge is 0.465 e. The molecular formula is C20H29NO2. The number of methoxy groups -OCH3 is 1. The first kappa shape index (κ1) is 16.5. The molecule has 1 aromatic rings. The summed E-state index contributed by atoms with van der Waals surface area (Å²) in [4.78, 5) is 14.7. The van der Waals surface area contributed by atoms with E-state index < -0.39 is 0 Å². The lowest BCUT2D eigenvalue weighted by molar-refractivity contribution is 0.0599. The van der Waals surface area contributed by atoms with Crippen molar-refractivity contribution in [3.8, 4) is 0 Å². The van der Waals surface area contributed by atoms with Gasteiger partial charge in [-0.3, -0.25) is 4.90 Å². The van der Waals surface area contributed by atoms with Gasteiger partial charge in [-0.15, -0.1) is 0 Å². The van der Waals surface area contributed by atoms with Crippen LogP contribution in [0.4, 0.5) is 0 Å². The van der Waals surface area contributed by atoms with E-state index in [4.69, 9.17) is 4.74 Å². The highest BCUT2D eigenvalue weighted by Crippen LogP contribution is 2.39. The van der Waals surface area contributed by atoms with Crippen LogP contribution in [0.25, 0.3) is 0 Å². The van der Waals surface area contributed by atoms with Gasteiger partial charge in [-0.05, 0) is 80.3 Å². The van der Waals surface area contributed by atoms with E-state index in [1.54, 1.807) is 0 Å². The summed E-state index contributed by atoms with van der Waals surface area (Å²) in [6.07, 6.45) is 7.07. The van der Waals surface area contributed by atoms with Gasteiger partial charge in [0.1, 0.15) is 0 Å². The number of piperidine rings is 1. The maximum atomic E-state index is 12.1. The van der Waals surface area contributed by atoms with E-state index in [2.05, 4.69) is 24.8 Å². The van der Waals surface area contributed by atoms with Crippen LogP contribution in [-0.2, 0) is 17.6 Å². The Hall–Kier alpha value is -1.35. The quantitative estimate of drug-likeness (QED) is 0.785. The zero-order chi connectivity index (χ0) is 16.4. The normalized spacial score (nSPS) is 25.0. The summed E-state index contributed by atoms with van der Waals surface area (Å²) in [6.45, 7) is 6.92. The number of hydrogen-bond acceptors (Lipinski definition) is 3. The molecule has 0 saturated carbocycles. The van der Waals surface area contributed by atoms with Crippen LogP contribution in [-0.4, -0.2) is 31.1 Å². The van der Waals surface area contributed by atoms with E-state index in [1.807, 2.05) is 6.07 Å². The van der Waals surface area contributed by atoms with Crippen molar-refractivity contribution in [1.82, 2.24) is 4.90 Å². The Balaban J connectivity index is 2.03. The minimum atomic E-state index is -0.181. The van der Waals surface area contributed by atoms with E-state index in [0.717, 1.165) is 30.9 Å². The van der Waals surface area contributed by atoms with Gasteiger partial charge in [0.15, 0.2) is 0 Å². The minimum Gasteiger partial charge on any atom is -0.465 e. The molecule has 2 atom stereocenters. The first-order valence-electron chi connectivity index (χ1n) is 9.12. The first-order valence-corrected chi connectivity index (χ1v) is 9.12. The molecule has 1 aromatic carbocycles. The van der Waals surface area contributed by atoms with E-state index in [-0.39, 0.29) is 5.97 Å². The molecular weight excluding hydrogens is 286 g/mol. The topological polar surface area (TPSA) is 29.5 Å². The van der Waals surface area contributed by atoms with Gasteiger partial charge in [0.2, 0.25) is 0 Å². The van der Waals surface area contributed by atoms with Gasteiger partial charge in [0.05, 0.1) is 12.7 Å². The smallest absolute Gasteiger partial charge is 0.338 e. The third-order valence-corrected chi connectivity index (χ3v) is 5.72. The molecule has 126 valence electrons. The number of carbonyl (C=O) groups is 1. The predicted octanol–water partition coefficient (Wildman–Crippen LogP) is 4.14. The molecule has 0 N–H and O–H groups in total. The van der Waals surface area contributed by atoms with Crippen molar-refractivity contribution in [2.24, 2.45) is 5.92 Å². The van der Waals surface area contributed by atoms with Gasteiger partial charge < -0.3 is 4.74 Å². The highest BCUT2D eigenvalue weighted by Gasteiger charge is 2.30. The number of rotatable bonds is 3. The molecule has 0 spiro atoms. The van der Waals surface area contributed by atoms with Crippen LogP contribution in [0.1, 0.15) is 72.6 Å². The predicted molar refractivity (Wildman–Crippen MR) is 92.8 cm³/mol. The standard InChI is InChI=1S/C20H29NO2/c1-4-21-12-11-14(2)13-19(21)17-9-10-18(20(22)23-3)16-8-6-5-7-15(16)17/h9-10,14,19H,4-8,11-13H2,1-3H3/t14-,19+/m1/s1. The monoisotopic (exact) mass is 315 g/mol. The number of benzene rings is 1. The second kappa shape index (κ2) is 7.04. The summed E-state index contributed by atoms with van der Waals surface area (Å²) >= 11 is 0. The Morgan fingerprint density at radius 3 is 2.70 bits per heavy atom. The zero-order valence-electron chi connectivity index (χ0n) is 14.7. The summed E-state index contributed by atoms with van der Waals surface area (Å²) in [6, 6.07) is 4.74. The summed E-state index contributed by atoms with van der Waals surface area (Å²) in [5.74, 6) is 0.599. The Morgan fingerprint density at radius 1 is 1.26 bits per heavy atom. The Morgan fingerprint density at radius 2 is 2.00 bits per heavy atom. The Labute approximate surface area is 140 Å². The van der Waals surface area contributed by atoms with Crippen molar-refractivity contribution >= 4 is 5.97 Å². The summed E-state index contributed by atoms with van der Waals surface area (Å²) in [5.41, 5.74) is 4.96. The molecule has 0 unspecified atom stereocenters. The van der Waals surface area contributed by atoms with E-state index in [0.29, 0.717) is 6.04 Å². The zero-order valence-corrected chi connectivity index (χ0v) is 14.7. The average molecular weight is 315 g/mol. The molecule has 1 heterocycles. The third-order valence-electron chi connectivity index (χ3n) is 5.72. The number of carbonyl (C=O) groups excluding carboxylic acids is 1. The molecule has 2 aliphatic rings. The minimum absolute atomic E-state index is 0.181. The number of esters is 1. The molecule has 0 bridgehead atoms. The van der Waals surface area contributed by atoms with Gasteiger partial charge >= 0.3 is 5.97 Å². The number of fused-ring (bicyclic) bond motifs is 1. The molecule has 0 amide bonds. The SMILES string of the molecule is CCN1CC[C@@H](C)C[C@H]1c1ccc(C(=O)OC)c2c1CCCC2. The maximum absolute atomic E-state index is 12.1. The molecule has 3 nitrogen and oxygen atoms in total. The van der Waals surface area contributed by atoms with E-state index in [9.17, 15) is 4.79 Å².